The normalized spacial score (nSPS) is 41.5. The van der Waals surface area contributed by atoms with Gasteiger partial charge in [-0.05, 0) is 75.5 Å². The minimum absolute atomic E-state index is 0.0398. The Balaban J connectivity index is 1.52. The molecule has 4 bridgehead atoms. The Morgan fingerprint density at radius 3 is 2.16 bits per heavy atom. The summed E-state index contributed by atoms with van der Waals surface area (Å²) in [6, 6.07) is 0. The zero-order valence-corrected chi connectivity index (χ0v) is 20.2. The lowest BCUT2D eigenvalue weighted by Crippen LogP contribution is -2.66. The number of hydrogen-bond donors (Lipinski definition) is 0. The van der Waals surface area contributed by atoms with E-state index in [2.05, 4.69) is 34.3 Å². The second-order valence-electron chi connectivity index (χ2n) is 12.0. The second-order valence-corrected chi connectivity index (χ2v) is 12.0. The molecule has 5 saturated carbocycles. The first-order chi connectivity index (χ1) is 14.6. The maximum atomic E-state index is 13.4. The molecular formula is C27H42O4. The molecule has 0 aliphatic heterocycles. The van der Waals surface area contributed by atoms with Crippen LogP contribution in [0.15, 0.2) is 12.2 Å². The van der Waals surface area contributed by atoms with Crippen molar-refractivity contribution in [2.75, 3.05) is 0 Å². The SMILES string of the molecule is C=C(C)C(=O)OC1CC(C(=O)OC2(C(CCC)C(C)C)C3CC4CC2CC(C)(C4)C3)C1. The fourth-order valence-electron chi connectivity index (χ4n) is 7.99. The number of carbonyl (C=O) groups is 2. The van der Waals surface area contributed by atoms with Gasteiger partial charge >= 0.3 is 11.9 Å². The maximum absolute atomic E-state index is 13.4. The van der Waals surface area contributed by atoms with Crippen molar-refractivity contribution in [3.63, 3.8) is 0 Å². The smallest absolute Gasteiger partial charge is 0.333 e. The van der Waals surface area contributed by atoms with Gasteiger partial charge in [0.25, 0.3) is 0 Å². The molecule has 0 saturated heterocycles. The second kappa shape index (κ2) is 8.23. The molecule has 0 aromatic heterocycles. The van der Waals surface area contributed by atoms with Crippen LogP contribution in [0.25, 0.3) is 0 Å². The van der Waals surface area contributed by atoms with E-state index >= 15 is 0 Å². The van der Waals surface area contributed by atoms with Crippen LogP contribution in [-0.2, 0) is 19.1 Å². The largest absolute Gasteiger partial charge is 0.459 e. The Morgan fingerprint density at radius 2 is 1.68 bits per heavy atom. The predicted octanol–water partition coefficient (Wildman–Crippen LogP) is 6.08. The highest BCUT2D eigenvalue weighted by atomic mass is 16.6. The minimum atomic E-state index is -0.356. The zero-order valence-electron chi connectivity index (χ0n) is 20.2. The summed E-state index contributed by atoms with van der Waals surface area (Å²) in [6.07, 6.45) is 9.51. The quantitative estimate of drug-likeness (QED) is 0.346. The highest BCUT2D eigenvalue weighted by molar-refractivity contribution is 5.87. The first-order valence-corrected chi connectivity index (χ1v) is 12.7. The van der Waals surface area contributed by atoms with Gasteiger partial charge in [0, 0.05) is 23.3 Å². The van der Waals surface area contributed by atoms with E-state index in [4.69, 9.17) is 9.47 Å². The first kappa shape index (κ1) is 22.9. The third-order valence-corrected chi connectivity index (χ3v) is 9.08. The van der Waals surface area contributed by atoms with Crippen LogP contribution in [-0.4, -0.2) is 23.6 Å². The van der Waals surface area contributed by atoms with E-state index < -0.39 is 0 Å². The van der Waals surface area contributed by atoms with E-state index in [0.29, 0.717) is 47.5 Å². The topological polar surface area (TPSA) is 52.6 Å². The molecule has 0 aromatic carbocycles. The average molecular weight is 431 g/mol. The van der Waals surface area contributed by atoms with Gasteiger partial charge in [-0.3, -0.25) is 4.79 Å². The van der Waals surface area contributed by atoms with Gasteiger partial charge in [0.2, 0.25) is 0 Å². The molecule has 0 spiro atoms. The third-order valence-electron chi connectivity index (χ3n) is 9.08. The molecule has 0 aromatic rings. The van der Waals surface area contributed by atoms with Crippen LogP contribution in [0.4, 0.5) is 0 Å². The molecule has 5 rings (SSSR count). The van der Waals surface area contributed by atoms with E-state index in [0.717, 1.165) is 18.8 Å². The van der Waals surface area contributed by atoms with Crippen LogP contribution in [0.2, 0.25) is 0 Å². The summed E-state index contributed by atoms with van der Waals surface area (Å²) < 4.78 is 12.2. The molecule has 5 aliphatic carbocycles. The number of rotatable bonds is 8. The Kier molecular flexibility index (Phi) is 6.07. The molecule has 5 fully saturated rings. The van der Waals surface area contributed by atoms with Crippen molar-refractivity contribution in [3.05, 3.63) is 12.2 Å². The Hall–Kier alpha value is -1.32. The van der Waals surface area contributed by atoms with Gasteiger partial charge in [-0.2, -0.15) is 0 Å². The van der Waals surface area contributed by atoms with Crippen LogP contribution in [0, 0.1) is 40.9 Å². The Bertz CT molecular complexity index is 716. The summed E-state index contributed by atoms with van der Waals surface area (Å²) in [5.74, 6) is 2.22. The van der Waals surface area contributed by atoms with Gasteiger partial charge in [0.15, 0.2) is 0 Å². The average Bonchev–Trinajstić information content (AvgIpc) is 2.63. The summed E-state index contributed by atoms with van der Waals surface area (Å²) in [5.41, 5.74) is 0.557. The van der Waals surface area contributed by atoms with Crippen LogP contribution in [0.3, 0.4) is 0 Å². The van der Waals surface area contributed by atoms with Crippen LogP contribution < -0.4 is 0 Å². The van der Waals surface area contributed by atoms with Crippen molar-refractivity contribution >= 4 is 11.9 Å². The fraction of sp³-hybridized carbons (Fsp3) is 0.852. The molecule has 0 N–H and O–H groups in total. The van der Waals surface area contributed by atoms with E-state index in [1.54, 1.807) is 6.92 Å². The van der Waals surface area contributed by atoms with E-state index in [-0.39, 0.29) is 29.6 Å². The monoisotopic (exact) mass is 430 g/mol. The molecule has 5 aliphatic rings. The van der Waals surface area contributed by atoms with Gasteiger partial charge in [-0.1, -0.05) is 40.7 Å². The molecule has 174 valence electrons. The van der Waals surface area contributed by atoms with Crippen LogP contribution in [0.5, 0.6) is 0 Å². The lowest BCUT2D eigenvalue weighted by atomic mass is 9.42. The van der Waals surface area contributed by atoms with E-state index in [1.807, 2.05) is 0 Å². The van der Waals surface area contributed by atoms with Crippen LogP contribution in [0.1, 0.15) is 92.4 Å². The molecule has 3 unspecified atom stereocenters. The van der Waals surface area contributed by atoms with E-state index in [9.17, 15) is 9.59 Å². The van der Waals surface area contributed by atoms with Crippen molar-refractivity contribution in [1.29, 1.82) is 0 Å². The number of esters is 2. The zero-order chi connectivity index (χ0) is 22.6. The molecule has 0 amide bonds. The van der Waals surface area contributed by atoms with Gasteiger partial charge in [-0.25, -0.2) is 4.79 Å². The number of carbonyl (C=O) groups excluding carboxylic acids is 2. The van der Waals surface area contributed by atoms with Gasteiger partial charge < -0.3 is 9.47 Å². The lowest BCUT2D eigenvalue weighted by Gasteiger charge is -2.66. The van der Waals surface area contributed by atoms with Crippen molar-refractivity contribution in [2.45, 2.75) is 104 Å². The summed E-state index contributed by atoms with van der Waals surface area (Å²) in [5, 5.41) is 0. The highest BCUT2D eigenvalue weighted by Crippen LogP contribution is 2.67. The number of ether oxygens (including phenoxy) is 2. The molecular weight excluding hydrogens is 388 g/mol. The van der Waals surface area contributed by atoms with Crippen LogP contribution >= 0.6 is 0 Å². The minimum Gasteiger partial charge on any atom is -0.459 e. The molecule has 0 radical (unpaired) electrons. The van der Waals surface area contributed by atoms with Crippen molar-refractivity contribution in [3.8, 4) is 0 Å². The Morgan fingerprint density at radius 1 is 1.06 bits per heavy atom. The summed E-state index contributed by atoms with van der Waals surface area (Å²) in [4.78, 5) is 25.2. The summed E-state index contributed by atoms with van der Waals surface area (Å²) in [7, 11) is 0. The molecule has 3 atom stereocenters. The van der Waals surface area contributed by atoms with Gasteiger partial charge in [0.05, 0.1) is 5.92 Å². The maximum Gasteiger partial charge on any atom is 0.333 e. The third kappa shape index (κ3) is 3.97. The molecule has 4 nitrogen and oxygen atoms in total. The summed E-state index contributed by atoms with van der Waals surface area (Å²) >= 11 is 0. The Labute approximate surface area is 188 Å². The van der Waals surface area contributed by atoms with Crippen molar-refractivity contribution < 1.29 is 19.1 Å². The van der Waals surface area contributed by atoms with Gasteiger partial charge in [0.1, 0.15) is 11.7 Å². The van der Waals surface area contributed by atoms with Crippen molar-refractivity contribution in [1.82, 2.24) is 0 Å². The molecule has 31 heavy (non-hydrogen) atoms. The highest BCUT2D eigenvalue weighted by Gasteiger charge is 2.65. The van der Waals surface area contributed by atoms with E-state index in [1.165, 1.54) is 32.1 Å². The van der Waals surface area contributed by atoms with Crippen molar-refractivity contribution in [2.24, 2.45) is 40.9 Å². The van der Waals surface area contributed by atoms with Gasteiger partial charge in [-0.15, -0.1) is 0 Å². The lowest BCUT2D eigenvalue weighted by molar-refractivity contribution is -0.253. The first-order valence-electron chi connectivity index (χ1n) is 12.7. The predicted molar refractivity (Wildman–Crippen MR) is 121 cm³/mol. The molecule has 0 heterocycles. The summed E-state index contributed by atoms with van der Waals surface area (Å²) in [6.45, 7) is 14.7. The number of hydrogen-bond acceptors (Lipinski definition) is 4. The standard InChI is InChI=1S/C27H42O4/c1-7-8-23(16(2)3)27(20-9-18-10-21(27)15-26(6,13-18)14-20)31-25(29)19-11-22(12-19)30-24(28)17(4)5/h16,18-23H,4,7-15H2,1-3,5-6H3. The molecule has 4 heteroatoms. The fourth-order valence-corrected chi connectivity index (χ4v) is 7.99.